The molecule has 0 radical (unpaired) electrons. The monoisotopic (exact) mass is 788 g/mol. The van der Waals surface area contributed by atoms with E-state index in [1.165, 1.54) is 29.8 Å². The van der Waals surface area contributed by atoms with E-state index < -0.39 is 23.7 Å². The molecule has 1 aromatic heterocycles. The number of carbonyl (C=O) groups is 2. The van der Waals surface area contributed by atoms with Crippen LogP contribution in [0, 0.1) is 0 Å². The number of hydrogen-bond acceptors (Lipinski definition) is 7. The van der Waals surface area contributed by atoms with E-state index in [1.54, 1.807) is 35.4 Å². The number of pyridine rings is 1. The Labute approximate surface area is 337 Å². The Morgan fingerprint density at radius 3 is 1.98 bits per heavy atom. The van der Waals surface area contributed by atoms with Gasteiger partial charge in [0, 0.05) is 89.8 Å². The van der Waals surface area contributed by atoms with Crippen LogP contribution in [0.15, 0.2) is 134 Å². The standard InChI is InChI=1S/C46H47F3N6O3/c47-46(48,49)39-16-9-35(10-17-39)15-22-44(57)55(34-38-11-18-40(19-12-38)52-28-30-53(31-29-52)43-8-4-5-23-50-43)42(32-36-13-20-41(56)21-14-36)45(58)54-26-24-51(25-27-54)33-37-6-2-1-3-7-37/h1-23,42,56H,24-34H2/t42-/m0/s1. The van der Waals surface area contributed by atoms with Crippen LogP contribution in [0.5, 0.6) is 5.75 Å². The van der Waals surface area contributed by atoms with Gasteiger partial charge in [-0.1, -0.05) is 72.8 Å². The summed E-state index contributed by atoms with van der Waals surface area (Å²) in [7, 11) is 0. The summed E-state index contributed by atoms with van der Waals surface area (Å²) in [4.78, 5) is 43.8. The maximum absolute atomic E-state index is 14.7. The molecule has 2 aliphatic rings. The van der Waals surface area contributed by atoms with Crippen LogP contribution in [0.1, 0.15) is 27.8 Å². The van der Waals surface area contributed by atoms with E-state index in [4.69, 9.17) is 0 Å². The molecule has 2 fully saturated rings. The molecule has 0 unspecified atom stereocenters. The van der Waals surface area contributed by atoms with Gasteiger partial charge in [0.1, 0.15) is 17.6 Å². The molecule has 1 atom stereocenters. The zero-order chi connectivity index (χ0) is 40.5. The van der Waals surface area contributed by atoms with Crippen LogP contribution in [-0.4, -0.2) is 95.0 Å². The maximum Gasteiger partial charge on any atom is 0.416 e. The number of piperazine rings is 2. The average molecular weight is 789 g/mol. The normalized spacial score (nSPS) is 15.7. The minimum Gasteiger partial charge on any atom is -0.508 e. The van der Waals surface area contributed by atoms with Gasteiger partial charge in [0.15, 0.2) is 0 Å². The zero-order valence-electron chi connectivity index (χ0n) is 32.2. The summed E-state index contributed by atoms with van der Waals surface area (Å²) in [6.45, 7) is 6.50. The first-order valence-corrected chi connectivity index (χ1v) is 19.6. The molecule has 0 spiro atoms. The van der Waals surface area contributed by atoms with Gasteiger partial charge in [0.05, 0.1) is 5.56 Å². The third-order valence-corrected chi connectivity index (χ3v) is 10.8. The highest BCUT2D eigenvalue weighted by Gasteiger charge is 2.34. The molecule has 9 nitrogen and oxygen atoms in total. The molecular formula is C46H47F3N6O3. The zero-order valence-corrected chi connectivity index (χ0v) is 32.2. The number of halogens is 3. The Bertz CT molecular complexity index is 2120. The predicted octanol–water partition coefficient (Wildman–Crippen LogP) is 7.13. The van der Waals surface area contributed by atoms with E-state index in [0.717, 1.165) is 67.5 Å². The first-order valence-electron chi connectivity index (χ1n) is 19.6. The highest BCUT2D eigenvalue weighted by Crippen LogP contribution is 2.29. The third-order valence-electron chi connectivity index (χ3n) is 10.8. The number of amides is 2. The number of hydrogen-bond donors (Lipinski definition) is 1. The van der Waals surface area contributed by atoms with Crippen molar-refractivity contribution in [3.63, 3.8) is 0 Å². The fourth-order valence-electron chi connectivity index (χ4n) is 7.50. The van der Waals surface area contributed by atoms with E-state index in [2.05, 4.69) is 31.8 Å². The SMILES string of the molecule is O=C([C@H](Cc1ccc(O)cc1)N(Cc1ccc(N2CCN(c3ccccn3)CC2)cc1)C(=O)C=Cc1ccc(C(F)(F)F)cc1)N1CCN(Cc2ccccc2)CC1. The van der Waals surface area contributed by atoms with Gasteiger partial charge in [-0.15, -0.1) is 0 Å². The quantitative estimate of drug-likeness (QED) is 0.135. The number of phenols is 1. The van der Waals surface area contributed by atoms with Crippen LogP contribution in [0.2, 0.25) is 0 Å². The predicted molar refractivity (Wildman–Crippen MR) is 220 cm³/mol. The number of aromatic nitrogens is 1. The van der Waals surface area contributed by atoms with Crippen molar-refractivity contribution in [1.29, 1.82) is 0 Å². The van der Waals surface area contributed by atoms with E-state index >= 15 is 0 Å². The molecule has 5 aromatic rings. The molecule has 2 aliphatic heterocycles. The number of anilines is 2. The molecule has 1 N–H and O–H groups in total. The number of benzene rings is 4. The molecule has 300 valence electrons. The Hall–Kier alpha value is -6.14. The number of alkyl halides is 3. The van der Waals surface area contributed by atoms with E-state index in [-0.39, 0.29) is 24.6 Å². The van der Waals surface area contributed by atoms with Crippen LogP contribution in [0.3, 0.4) is 0 Å². The molecule has 0 aliphatic carbocycles. The summed E-state index contributed by atoms with van der Waals surface area (Å²) in [5.74, 6) is 0.410. The first kappa shape index (κ1) is 40.1. The van der Waals surface area contributed by atoms with Gasteiger partial charge in [0.2, 0.25) is 11.8 Å². The molecule has 0 bridgehead atoms. The van der Waals surface area contributed by atoms with Crippen molar-refractivity contribution in [2.24, 2.45) is 0 Å². The van der Waals surface area contributed by atoms with Crippen LogP contribution >= 0.6 is 0 Å². The van der Waals surface area contributed by atoms with Gasteiger partial charge in [-0.25, -0.2) is 4.98 Å². The molecule has 12 heteroatoms. The van der Waals surface area contributed by atoms with Crippen molar-refractivity contribution in [1.82, 2.24) is 19.7 Å². The van der Waals surface area contributed by atoms with Crippen LogP contribution in [0.4, 0.5) is 24.7 Å². The van der Waals surface area contributed by atoms with Gasteiger partial charge < -0.3 is 24.7 Å². The van der Waals surface area contributed by atoms with Crippen LogP contribution < -0.4 is 9.80 Å². The van der Waals surface area contributed by atoms with Crippen molar-refractivity contribution < 1.29 is 27.9 Å². The lowest BCUT2D eigenvalue weighted by Crippen LogP contribution is -2.56. The van der Waals surface area contributed by atoms with Gasteiger partial charge in [-0.05, 0) is 76.9 Å². The molecule has 2 amide bonds. The van der Waals surface area contributed by atoms with Crippen molar-refractivity contribution in [2.45, 2.75) is 31.7 Å². The van der Waals surface area contributed by atoms with E-state index in [0.29, 0.717) is 31.7 Å². The van der Waals surface area contributed by atoms with Gasteiger partial charge in [0.25, 0.3) is 0 Å². The third kappa shape index (κ3) is 10.4. The minimum atomic E-state index is -4.48. The summed E-state index contributed by atoms with van der Waals surface area (Å²) >= 11 is 0. The number of phenolic OH excluding ortho intramolecular Hbond substituents is 1. The number of nitrogens with zero attached hydrogens (tertiary/aromatic N) is 6. The minimum absolute atomic E-state index is 0.0896. The molecule has 58 heavy (non-hydrogen) atoms. The molecule has 4 aromatic carbocycles. The van der Waals surface area contributed by atoms with Gasteiger partial charge >= 0.3 is 6.18 Å². The largest absolute Gasteiger partial charge is 0.508 e. The number of aromatic hydroxyl groups is 1. The topological polar surface area (TPSA) is 83.5 Å². The second kappa shape index (κ2) is 18.4. The van der Waals surface area contributed by atoms with Crippen LogP contribution in [-0.2, 0) is 35.3 Å². The Morgan fingerprint density at radius 2 is 1.34 bits per heavy atom. The summed E-state index contributed by atoms with van der Waals surface area (Å²) in [5, 5.41) is 10.0. The van der Waals surface area contributed by atoms with Gasteiger partial charge in [-0.3, -0.25) is 14.5 Å². The second-order valence-corrected chi connectivity index (χ2v) is 14.7. The molecule has 2 saturated heterocycles. The van der Waals surface area contributed by atoms with Gasteiger partial charge in [-0.2, -0.15) is 13.2 Å². The number of carbonyl (C=O) groups excluding carboxylic acids is 2. The highest BCUT2D eigenvalue weighted by molar-refractivity contribution is 5.96. The van der Waals surface area contributed by atoms with Crippen molar-refractivity contribution in [2.75, 3.05) is 62.2 Å². The fraction of sp³-hybridized carbons (Fsp3) is 0.283. The summed E-state index contributed by atoms with van der Waals surface area (Å²) in [6.07, 6.45) is 0.324. The average Bonchev–Trinajstić information content (AvgIpc) is 3.25. The maximum atomic E-state index is 14.7. The molecule has 3 heterocycles. The van der Waals surface area contributed by atoms with E-state index in [1.807, 2.05) is 65.6 Å². The lowest BCUT2D eigenvalue weighted by molar-refractivity contribution is -0.145. The van der Waals surface area contributed by atoms with Crippen molar-refractivity contribution in [3.05, 3.63) is 161 Å². The second-order valence-electron chi connectivity index (χ2n) is 14.7. The lowest BCUT2D eigenvalue weighted by atomic mass is 10.0. The van der Waals surface area contributed by atoms with Crippen LogP contribution in [0.25, 0.3) is 6.08 Å². The highest BCUT2D eigenvalue weighted by atomic mass is 19.4. The van der Waals surface area contributed by atoms with E-state index in [9.17, 15) is 27.9 Å². The Morgan fingerprint density at radius 1 is 0.707 bits per heavy atom. The lowest BCUT2D eigenvalue weighted by Gasteiger charge is -2.39. The summed E-state index contributed by atoms with van der Waals surface area (Å²) < 4.78 is 39.8. The Kier molecular flexibility index (Phi) is 12.7. The summed E-state index contributed by atoms with van der Waals surface area (Å²) in [5.41, 5.74) is 3.48. The number of rotatable bonds is 12. The smallest absolute Gasteiger partial charge is 0.416 e. The molecule has 0 saturated carbocycles. The summed E-state index contributed by atoms with van der Waals surface area (Å²) in [6, 6.07) is 34.4. The Balaban J connectivity index is 1.13. The fourth-order valence-corrected chi connectivity index (χ4v) is 7.50. The first-order chi connectivity index (χ1) is 28.1. The van der Waals surface area contributed by atoms with Crippen molar-refractivity contribution in [3.8, 4) is 5.75 Å². The van der Waals surface area contributed by atoms with Crippen molar-refractivity contribution >= 4 is 29.4 Å². The molecular weight excluding hydrogens is 742 g/mol. The molecule has 7 rings (SSSR count).